The van der Waals surface area contributed by atoms with Gasteiger partial charge in [-0.25, -0.2) is 0 Å². The molecule has 0 bridgehead atoms. The van der Waals surface area contributed by atoms with Gasteiger partial charge in [0.25, 0.3) is 5.91 Å². The second kappa shape index (κ2) is 6.53. The van der Waals surface area contributed by atoms with Crippen LogP contribution < -0.4 is 5.32 Å². The molecule has 0 aliphatic rings. The highest BCUT2D eigenvalue weighted by atomic mass is 16.1. The lowest BCUT2D eigenvalue weighted by Gasteiger charge is -2.11. The van der Waals surface area contributed by atoms with E-state index in [1.807, 2.05) is 66.9 Å². The van der Waals surface area contributed by atoms with Crippen LogP contribution in [0.25, 0.3) is 11.1 Å². The van der Waals surface area contributed by atoms with E-state index in [1.54, 1.807) is 0 Å². The summed E-state index contributed by atoms with van der Waals surface area (Å²) in [5, 5.41) is 2.99. The second-order valence-corrected chi connectivity index (χ2v) is 5.83. The summed E-state index contributed by atoms with van der Waals surface area (Å²) in [5.74, 6) is 0.156. The highest BCUT2D eigenvalue weighted by molar-refractivity contribution is 6.09. The highest BCUT2D eigenvalue weighted by Crippen LogP contribution is 2.30. The van der Waals surface area contributed by atoms with E-state index in [1.165, 1.54) is 0 Å². The molecule has 0 fully saturated rings. The zero-order valence-corrected chi connectivity index (χ0v) is 13.3. The number of aromatic amines is 1. The Bertz CT molecular complexity index is 789. The third-order valence-electron chi connectivity index (χ3n) is 3.83. The lowest BCUT2D eigenvalue weighted by Crippen LogP contribution is -2.14. The van der Waals surface area contributed by atoms with Crippen molar-refractivity contribution < 1.29 is 4.79 Å². The number of anilines is 1. The molecule has 0 saturated heterocycles. The van der Waals surface area contributed by atoms with E-state index >= 15 is 0 Å². The van der Waals surface area contributed by atoms with Gasteiger partial charge in [-0.1, -0.05) is 62.4 Å². The number of carbonyl (C=O) groups is 1. The fourth-order valence-electron chi connectivity index (χ4n) is 2.70. The molecule has 116 valence electrons. The zero-order chi connectivity index (χ0) is 16.2. The van der Waals surface area contributed by atoms with Crippen LogP contribution in [0.2, 0.25) is 0 Å². The maximum atomic E-state index is 12.9. The zero-order valence-electron chi connectivity index (χ0n) is 13.3. The Kier molecular flexibility index (Phi) is 4.29. The lowest BCUT2D eigenvalue weighted by molar-refractivity contribution is 0.102. The maximum absolute atomic E-state index is 12.9. The molecular formula is C20H20N2O. The summed E-state index contributed by atoms with van der Waals surface area (Å²) in [7, 11) is 0. The minimum atomic E-state index is -0.0833. The molecule has 0 saturated carbocycles. The normalized spacial score (nSPS) is 10.7. The van der Waals surface area contributed by atoms with Gasteiger partial charge in [-0.05, 0) is 23.6 Å². The number of hydrogen-bond donors (Lipinski definition) is 2. The molecular weight excluding hydrogens is 284 g/mol. The van der Waals surface area contributed by atoms with Gasteiger partial charge in [0.1, 0.15) is 0 Å². The first-order valence-electron chi connectivity index (χ1n) is 7.80. The molecule has 0 aliphatic carbocycles. The molecule has 0 atom stereocenters. The van der Waals surface area contributed by atoms with E-state index in [0.717, 1.165) is 28.1 Å². The first kappa shape index (κ1) is 15.1. The largest absolute Gasteiger partial charge is 0.363 e. The molecule has 0 radical (unpaired) electrons. The van der Waals surface area contributed by atoms with Crippen LogP contribution in [0.15, 0.2) is 66.9 Å². The Morgan fingerprint density at radius 3 is 2.17 bits per heavy atom. The fraction of sp³-hybridized carbons (Fsp3) is 0.150. The highest BCUT2D eigenvalue weighted by Gasteiger charge is 2.21. The smallest absolute Gasteiger partial charge is 0.258 e. The summed E-state index contributed by atoms with van der Waals surface area (Å²) >= 11 is 0. The Labute approximate surface area is 136 Å². The van der Waals surface area contributed by atoms with Crippen LogP contribution in [-0.4, -0.2) is 10.9 Å². The number of amides is 1. The SMILES string of the molecule is CC(C)c1[nH]cc(-c2ccccc2)c1C(=O)Nc1ccccc1. The van der Waals surface area contributed by atoms with Gasteiger partial charge in [0, 0.05) is 23.1 Å². The Morgan fingerprint density at radius 2 is 1.57 bits per heavy atom. The number of para-hydroxylation sites is 1. The van der Waals surface area contributed by atoms with Gasteiger partial charge >= 0.3 is 0 Å². The van der Waals surface area contributed by atoms with E-state index < -0.39 is 0 Å². The number of nitrogens with one attached hydrogen (secondary N) is 2. The Hall–Kier alpha value is -2.81. The molecule has 1 aromatic heterocycles. The van der Waals surface area contributed by atoms with Gasteiger partial charge in [-0.3, -0.25) is 4.79 Å². The third-order valence-corrected chi connectivity index (χ3v) is 3.83. The Morgan fingerprint density at radius 1 is 0.957 bits per heavy atom. The van der Waals surface area contributed by atoms with E-state index in [2.05, 4.69) is 24.1 Å². The first-order chi connectivity index (χ1) is 11.2. The van der Waals surface area contributed by atoms with Crippen molar-refractivity contribution in [2.75, 3.05) is 5.32 Å². The Balaban J connectivity index is 2.02. The number of hydrogen-bond acceptors (Lipinski definition) is 1. The molecule has 0 aliphatic heterocycles. The fourth-order valence-corrected chi connectivity index (χ4v) is 2.70. The monoisotopic (exact) mass is 304 g/mol. The predicted octanol–water partition coefficient (Wildman–Crippen LogP) is 5.06. The van der Waals surface area contributed by atoms with Crippen molar-refractivity contribution >= 4 is 11.6 Å². The number of carbonyl (C=O) groups excluding carboxylic acids is 1. The summed E-state index contributed by atoms with van der Waals surface area (Å²) in [6.45, 7) is 4.17. The summed E-state index contributed by atoms with van der Waals surface area (Å²) < 4.78 is 0. The van der Waals surface area contributed by atoms with E-state index in [4.69, 9.17) is 0 Å². The van der Waals surface area contributed by atoms with E-state index in [0.29, 0.717) is 0 Å². The second-order valence-electron chi connectivity index (χ2n) is 5.83. The standard InChI is InChI=1S/C20H20N2O/c1-14(2)19-18(20(23)22-16-11-7-4-8-12-16)17(13-21-19)15-9-5-3-6-10-15/h3-14,21H,1-2H3,(H,22,23). The molecule has 1 amide bonds. The molecule has 23 heavy (non-hydrogen) atoms. The lowest BCUT2D eigenvalue weighted by atomic mass is 9.98. The predicted molar refractivity (Wildman–Crippen MR) is 94.7 cm³/mol. The van der Waals surface area contributed by atoms with Crippen molar-refractivity contribution in [3.05, 3.63) is 78.1 Å². The quantitative estimate of drug-likeness (QED) is 0.695. The van der Waals surface area contributed by atoms with Crippen molar-refractivity contribution in [3.63, 3.8) is 0 Å². The van der Waals surface area contributed by atoms with Crippen LogP contribution in [0, 0.1) is 0 Å². The summed E-state index contributed by atoms with van der Waals surface area (Å²) in [6, 6.07) is 19.5. The van der Waals surface area contributed by atoms with Gasteiger partial charge in [0.05, 0.1) is 5.56 Å². The number of benzene rings is 2. The van der Waals surface area contributed by atoms with Crippen LogP contribution in [-0.2, 0) is 0 Å². The van der Waals surface area contributed by atoms with E-state index in [-0.39, 0.29) is 11.8 Å². The average Bonchev–Trinajstić information content (AvgIpc) is 3.02. The molecule has 2 aromatic carbocycles. The third kappa shape index (κ3) is 3.19. The van der Waals surface area contributed by atoms with Gasteiger partial charge in [-0.2, -0.15) is 0 Å². The van der Waals surface area contributed by atoms with Crippen molar-refractivity contribution in [1.82, 2.24) is 4.98 Å². The van der Waals surface area contributed by atoms with Gasteiger partial charge in [-0.15, -0.1) is 0 Å². The van der Waals surface area contributed by atoms with Crippen LogP contribution in [0.4, 0.5) is 5.69 Å². The van der Waals surface area contributed by atoms with Gasteiger partial charge < -0.3 is 10.3 Å². The van der Waals surface area contributed by atoms with Crippen LogP contribution in [0.5, 0.6) is 0 Å². The van der Waals surface area contributed by atoms with Crippen molar-refractivity contribution in [2.24, 2.45) is 0 Å². The molecule has 3 aromatic rings. The molecule has 1 heterocycles. The molecule has 0 spiro atoms. The van der Waals surface area contributed by atoms with Gasteiger partial charge in [0.2, 0.25) is 0 Å². The summed E-state index contributed by atoms with van der Waals surface area (Å²) in [6.07, 6.45) is 1.92. The molecule has 3 heteroatoms. The van der Waals surface area contributed by atoms with Crippen molar-refractivity contribution in [3.8, 4) is 11.1 Å². The molecule has 3 nitrogen and oxygen atoms in total. The maximum Gasteiger partial charge on any atom is 0.258 e. The summed E-state index contributed by atoms with van der Waals surface area (Å²) in [5.41, 5.74) is 4.44. The van der Waals surface area contributed by atoms with Crippen LogP contribution in [0.1, 0.15) is 35.8 Å². The van der Waals surface area contributed by atoms with E-state index in [9.17, 15) is 4.79 Å². The summed E-state index contributed by atoms with van der Waals surface area (Å²) in [4.78, 5) is 16.1. The molecule has 0 unspecified atom stereocenters. The van der Waals surface area contributed by atoms with Crippen LogP contribution >= 0.6 is 0 Å². The minimum Gasteiger partial charge on any atom is -0.363 e. The molecule has 2 N–H and O–H groups in total. The average molecular weight is 304 g/mol. The number of aromatic nitrogens is 1. The number of rotatable bonds is 4. The number of H-pyrrole nitrogens is 1. The first-order valence-corrected chi connectivity index (χ1v) is 7.80. The molecule has 3 rings (SSSR count). The van der Waals surface area contributed by atoms with Gasteiger partial charge in [0.15, 0.2) is 0 Å². The minimum absolute atomic E-state index is 0.0833. The van der Waals surface area contributed by atoms with Crippen molar-refractivity contribution in [2.45, 2.75) is 19.8 Å². The van der Waals surface area contributed by atoms with Crippen LogP contribution in [0.3, 0.4) is 0 Å². The van der Waals surface area contributed by atoms with Crippen molar-refractivity contribution in [1.29, 1.82) is 0 Å². The topological polar surface area (TPSA) is 44.9 Å².